The average Bonchev–Trinajstić information content (AvgIpc) is 2.26. The second kappa shape index (κ2) is 9.48. The Kier molecular flexibility index (Phi) is 9.17. The molecule has 0 bridgehead atoms. The smallest absolute Gasteiger partial charge is 0.0684 e. The average molecular weight is 238 g/mol. The van der Waals surface area contributed by atoms with E-state index in [1.54, 1.807) is 0 Å². The van der Waals surface area contributed by atoms with Gasteiger partial charge in [-0.1, -0.05) is 39.5 Å². The fourth-order valence-corrected chi connectivity index (χ4v) is 1.74. The summed E-state index contributed by atoms with van der Waals surface area (Å²) in [7, 11) is 0. The van der Waals surface area contributed by atoms with E-state index in [0.29, 0.717) is 0 Å². The quantitative estimate of drug-likeness (QED) is 0.581. The summed E-state index contributed by atoms with van der Waals surface area (Å²) < 4.78 is 0. The van der Waals surface area contributed by atoms with Gasteiger partial charge in [-0.2, -0.15) is 5.26 Å². The highest BCUT2D eigenvalue weighted by Gasteiger charge is 2.14. The van der Waals surface area contributed by atoms with Gasteiger partial charge in [-0.3, -0.25) is 0 Å². The van der Waals surface area contributed by atoms with Gasteiger partial charge in [0.2, 0.25) is 0 Å². The summed E-state index contributed by atoms with van der Waals surface area (Å²) in [5.74, 6) is 0.848. The van der Waals surface area contributed by atoms with Crippen molar-refractivity contribution in [1.29, 1.82) is 5.26 Å². The first-order chi connectivity index (χ1) is 7.98. The van der Waals surface area contributed by atoms with E-state index in [-0.39, 0.29) is 5.41 Å². The van der Waals surface area contributed by atoms with Gasteiger partial charge in [-0.05, 0) is 45.7 Å². The number of unbranched alkanes of at least 4 members (excludes halogenated alkanes) is 3. The third-order valence-electron chi connectivity index (χ3n) is 3.11. The van der Waals surface area contributed by atoms with Gasteiger partial charge in [0, 0.05) is 0 Å². The van der Waals surface area contributed by atoms with Gasteiger partial charge >= 0.3 is 0 Å². The highest BCUT2D eigenvalue weighted by atomic mass is 14.8. The van der Waals surface area contributed by atoms with E-state index >= 15 is 0 Å². The molecule has 0 aliphatic heterocycles. The zero-order chi connectivity index (χ0) is 13.1. The van der Waals surface area contributed by atoms with Gasteiger partial charge in [0.25, 0.3) is 0 Å². The van der Waals surface area contributed by atoms with Crippen LogP contribution in [0.4, 0.5) is 0 Å². The minimum absolute atomic E-state index is 0.176. The summed E-state index contributed by atoms with van der Waals surface area (Å²) in [6, 6.07) is 2.33. The molecule has 0 rings (SSSR count). The van der Waals surface area contributed by atoms with Crippen LogP contribution in [0.25, 0.3) is 0 Å². The molecule has 0 aliphatic rings. The van der Waals surface area contributed by atoms with Crippen LogP contribution < -0.4 is 5.32 Å². The minimum Gasteiger partial charge on any atom is -0.317 e. The molecule has 0 atom stereocenters. The van der Waals surface area contributed by atoms with Crippen LogP contribution in [-0.2, 0) is 0 Å². The molecule has 0 spiro atoms. The molecule has 0 saturated carbocycles. The van der Waals surface area contributed by atoms with Crippen molar-refractivity contribution >= 4 is 0 Å². The maximum Gasteiger partial charge on any atom is 0.0684 e. The van der Waals surface area contributed by atoms with Gasteiger partial charge in [0.1, 0.15) is 0 Å². The topological polar surface area (TPSA) is 35.8 Å². The number of hydrogen-bond donors (Lipinski definition) is 1. The monoisotopic (exact) mass is 238 g/mol. The fourth-order valence-electron chi connectivity index (χ4n) is 1.74. The lowest BCUT2D eigenvalue weighted by Crippen LogP contribution is -2.22. The molecule has 0 aliphatic carbocycles. The van der Waals surface area contributed by atoms with E-state index in [9.17, 15) is 0 Å². The first kappa shape index (κ1) is 16.4. The van der Waals surface area contributed by atoms with Crippen LogP contribution in [0.1, 0.15) is 66.2 Å². The van der Waals surface area contributed by atoms with Crippen molar-refractivity contribution in [2.45, 2.75) is 66.2 Å². The molecule has 2 heteroatoms. The molecule has 100 valence electrons. The summed E-state index contributed by atoms with van der Waals surface area (Å²) >= 11 is 0. The van der Waals surface area contributed by atoms with Crippen molar-refractivity contribution < 1.29 is 0 Å². The lowest BCUT2D eigenvalue weighted by Gasteiger charge is -2.14. The molecule has 0 radical (unpaired) electrons. The van der Waals surface area contributed by atoms with E-state index < -0.39 is 0 Å². The van der Waals surface area contributed by atoms with Crippen molar-refractivity contribution in [3.05, 3.63) is 0 Å². The van der Waals surface area contributed by atoms with Gasteiger partial charge in [0.05, 0.1) is 11.5 Å². The van der Waals surface area contributed by atoms with E-state index in [4.69, 9.17) is 5.26 Å². The summed E-state index contributed by atoms with van der Waals surface area (Å²) in [5.41, 5.74) is -0.176. The van der Waals surface area contributed by atoms with Gasteiger partial charge in [0.15, 0.2) is 0 Å². The molecule has 0 unspecified atom stereocenters. The predicted molar refractivity (Wildman–Crippen MR) is 74.8 cm³/mol. The number of nitrogens with one attached hydrogen (secondary N) is 1. The molecular formula is C15H30N2. The number of nitrogens with zero attached hydrogens (tertiary/aromatic N) is 1. The van der Waals surface area contributed by atoms with E-state index in [0.717, 1.165) is 25.4 Å². The highest BCUT2D eigenvalue weighted by molar-refractivity contribution is 4.91. The maximum atomic E-state index is 8.86. The Morgan fingerprint density at radius 1 is 1.06 bits per heavy atom. The Labute approximate surface area is 108 Å². The molecule has 0 saturated heterocycles. The Morgan fingerprint density at radius 3 is 2.29 bits per heavy atom. The predicted octanol–water partition coefficient (Wildman–Crippen LogP) is 4.12. The van der Waals surface area contributed by atoms with E-state index in [2.05, 4.69) is 25.2 Å². The largest absolute Gasteiger partial charge is 0.317 e. The molecule has 0 heterocycles. The van der Waals surface area contributed by atoms with Crippen LogP contribution in [0.2, 0.25) is 0 Å². The third-order valence-corrected chi connectivity index (χ3v) is 3.11. The fraction of sp³-hybridized carbons (Fsp3) is 0.933. The highest BCUT2D eigenvalue weighted by Crippen LogP contribution is 2.17. The standard InChI is InChI=1S/C15H30N2/c1-14(2)9-7-5-6-8-11-17-12-10-15(3,4)13-16/h14,17H,5-12H2,1-4H3. The van der Waals surface area contributed by atoms with Gasteiger partial charge < -0.3 is 5.32 Å². The molecular weight excluding hydrogens is 208 g/mol. The van der Waals surface area contributed by atoms with Crippen molar-refractivity contribution in [3.63, 3.8) is 0 Å². The van der Waals surface area contributed by atoms with Crippen LogP contribution in [-0.4, -0.2) is 13.1 Å². The molecule has 0 aromatic heterocycles. The summed E-state index contributed by atoms with van der Waals surface area (Å²) in [5, 5.41) is 12.3. The zero-order valence-corrected chi connectivity index (χ0v) is 12.2. The first-order valence-electron chi connectivity index (χ1n) is 7.10. The zero-order valence-electron chi connectivity index (χ0n) is 12.2. The van der Waals surface area contributed by atoms with Crippen molar-refractivity contribution in [2.75, 3.05) is 13.1 Å². The van der Waals surface area contributed by atoms with Crippen LogP contribution in [0.5, 0.6) is 0 Å². The van der Waals surface area contributed by atoms with Gasteiger partial charge in [-0.15, -0.1) is 0 Å². The molecule has 0 amide bonds. The Balaban J connectivity index is 3.17. The first-order valence-corrected chi connectivity index (χ1v) is 7.10. The van der Waals surface area contributed by atoms with Crippen LogP contribution >= 0.6 is 0 Å². The molecule has 2 nitrogen and oxygen atoms in total. The second-order valence-electron chi connectivity index (χ2n) is 6.09. The Bertz CT molecular complexity index is 213. The SMILES string of the molecule is CC(C)CCCCCCNCCC(C)(C)C#N. The van der Waals surface area contributed by atoms with Crippen LogP contribution in [0.15, 0.2) is 0 Å². The van der Waals surface area contributed by atoms with Crippen LogP contribution in [0, 0.1) is 22.7 Å². The summed E-state index contributed by atoms with van der Waals surface area (Å²) in [6.45, 7) is 10.6. The Morgan fingerprint density at radius 2 is 1.71 bits per heavy atom. The van der Waals surface area contributed by atoms with Crippen molar-refractivity contribution in [3.8, 4) is 6.07 Å². The van der Waals surface area contributed by atoms with Crippen molar-refractivity contribution in [2.24, 2.45) is 11.3 Å². The van der Waals surface area contributed by atoms with E-state index in [1.165, 1.54) is 32.1 Å². The summed E-state index contributed by atoms with van der Waals surface area (Å²) in [6.07, 6.45) is 7.65. The number of hydrogen-bond acceptors (Lipinski definition) is 2. The third kappa shape index (κ3) is 11.7. The lowest BCUT2D eigenvalue weighted by molar-refractivity contribution is 0.429. The van der Waals surface area contributed by atoms with Crippen molar-refractivity contribution in [1.82, 2.24) is 5.32 Å². The second-order valence-corrected chi connectivity index (χ2v) is 6.09. The molecule has 0 aromatic rings. The number of nitriles is 1. The molecule has 1 N–H and O–H groups in total. The molecule has 0 fully saturated rings. The van der Waals surface area contributed by atoms with Gasteiger partial charge in [-0.25, -0.2) is 0 Å². The number of rotatable bonds is 10. The van der Waals surface area contributed by atoms with E-state index in [1.807, 2.05) is 13.8 Å². The van der Waals surface area contributed by atoms with Crippen LogP contribution in [0.3, 0.4) is 0 Å². The molecule has 17 heavy (non-hydrogen) atoms. The summed E-state index contributed by atoms with van der Waals surface area (Å²) in [4.78, 5) is 0. The minimum atomic E-state index is -0.176. The maximum absolute atomic E-state index is 8.86. The normalized spacial score (nSPS) is 11.8. The Hall–Kier alpha value is -0.550. The molecule has 0 aromatic carbocycles. The lowest BCUT2D eigenvalue weighted by atomic mass is 9.91.